The van der Waals surface area contributed by atoms with Crippen molar-refractivity contribution >= 4 is 22.9 Å². The second kappa shape index (κ2) is 6.35. The van der Waals surface area contributed by atoms with Crippen LogP contribution in [0.25, 0.3) is 10.6 Å². The van der Waals surface area contributed by atoms with Crippen LogP contribution in [0.1, 0.15) is 16.5 Å². The number of aromatic nitrogens is 2. The van der Waals surface area contributed by atoms with Gasteiger partial charge in [0, 0.05) is 40.5 Å². The third-order valence-electron chi connectivity index (χ3n) is 3.13. The number of aliphatic hydroxyl groups is 1. The van der Waals surface area contributed by atoms with Crippen molar-refractivity contribution in [3.8, 4) is 10.6 Å². The van der Waals surface area contributed by atoms with Crippen molar-refractivity contribution in [2.24, 2.45) is 0 Å². The molecule has 0 saturated heterocycles. The van der Waals surface area contributed by atoms with Crippen molar-refractivity contribution in [3.05, 3.63) is 70.5 Å². The maximum atomic E-state index is 10.2. The van der Waals surface area contributed by atoms with Gasteiger partial charge in [-0.15, -0.1) is 11.3 Å². The van der Waals surface area contributed by atoms with E-state index in [9.17, 15) is 5.11 Å². The van der Waals surface area contributed by atoms with Crippen LogP contribution < -0.4 is 0 Å². The molecule has 0 spiro atoms. The summed E-state index contributed by atoms with van der Waals surface area (Å²) in [6, 6.07) is 11.2. The van der Waals surface area contributed by atoms with E-state index in [1.54, 1.807) is 23.7 Å². The second-order valence-corrected chi connectivity index (χ2v) is 6.19. The molecule has 3 rings (SSSR count). The zero-order valence-electron chi connectivity index (χ0n) is 11.1. The number of nitrogens with zero attached hydrogens (tertiary/aromatic N) is 2. The molecule has 5 heteroatoms. The fourth-order valence-electron chi connectivity index (χ4n) is 2.02. The minimum Gasteiger partial charge on any atom is -0.388 e. The topological polar surface area (TPSA) is 46.0 Å². The zero-order chi connectivity index (χ0) is 14.7. The Labute approximate surface area is 131 Å². The lowest BCUT2D eigenvalue weighted by atomic mass is 10.1. The summed E-state index contributed by atoms with van der Waals surface area (Å²) in [5.74, 6) is 0. The van der Waals surface area contributed by atoms with Crippen LogP contribution in [0.3, 0.4) is 0 Å². The number of aliphatic hydroxyl groups excluding tert-OH is 1. The Morgan fingerprint density at radius 3 is 2.52 bits per heavy atom. The predicted octanol–water partition coefficient (Wildman–Crippen LogP) is 4.13. The number of hydrogen-bond donors (Lipinski definition) is 1. The van der Waals surface area contributed by atoms with Crippen LogP contribution in [-0.4, -0.2) is 15.1 Å². The SMILES string of the molecule is OC(Cc1cnc(-c2ccc(Cl)cc2)s1)c1ccncc1. The highest BCUT2D eigenvalue weighted by atomic mass is 35.5. The van der Waals surface area contributed by atoms with Crippen molar-refractivity contribution < 1.29 is 5.11 Å². The molecule has 0 amide bonds. The third-order valence-corrected chi connectivity index (χ3v) is 4.45. The molecule has 106 valence electrons. The first kappa shape index (κ1) is 14.2. The van der Waals surface area contributed by atoms with E-state index in [0.717, 1.165) is 21.0 Å². The van der Waals surface area contributed by atoms with Crippen LogP contribution in [0, 0.1) is 0 Å². The van der Waals surface area contributed by atoms with E-state index >= 15 is 0 Å². The molecule has 2 aromatic heterocycles. The van der Waals surface area contributed by atoms with Gasteiger partial charge in [0.05, 0.1) is 6.10 Å². The van der Waals surface area contributed by atoms with E-state index in [2.05, 4.69) is 9.97 Å². The molecule has 3 aromatic rings. The van der Waals surface area contributed by atoms with E-state index in [-0.39, 0.29) is 0 Å². The predicted molar refractivity (Wildman–Crippen MR) is 85.5 cm³/mol. The highest BCUT2D eigenvalue weighted by Gasteiger charge is 2.11. The monoisotopic (exact) mass is 316 g/mol. The molecule has 1 N–H and O–H groups in total. The molecule has 0 aliphatic rings. The summed E-state index contributed by atoms with van der Waals surface area (Å²) in [6.07, 6.45) is 5.20. The van der Waals surface area contributed by atoms with Gasteiger partial charge in [0.15, 0.2) is 0 Å². The van der Waals surface area contributed by atoms with Crippen LogP contribution in [0.5, 0.6) is 0 Å². The number of hydrogen-bond acceptors (Lipinski definition) is 4. The van der Waals surface area contributed by atoms with Gasteiger partial charge in [0.1, 0.15) is 5.01 Å². The molecule has 1 unspecified atom stereocenters. The van der Waals surface area contributed by atoms with Gasteiger partial charge in [0.25, 0.3) is 0 Å². The Hall–Kier alpha value is -1.75. The maximum absolute atomic E-state index is 10.2. The number of pyridine rings is 1. The molecule has 0 aliphatic heterocycles. The van der Waals surface area contributed by atoms with Crippen LogP contribution >= 0.6 is 22.9 Å². The van der Waals surface area contributed by atoms with Gasteiger partial charge in [-0.3, -0.25) is 4.98 Å². The molecule has 0 radical (unpaired) electrons. The highest BCUT2D eigenvalue weighted by Crippen LogP contribution is 2.28. The lowest BCUT2D eigenvalue weighted by molar-refractivity contribution is 0.179. The molecule has 0 fully saturated rings. The van der Waals surface area contributed by atoms with Gasteiger partial charge >= 0.3 is 0 Å². The Bertz CT molecular complexity index is 713. The molecule has 1 atom stereocenters. The van der Waals surface area contributed by atoms with Gasteiger partial charge in [-0.1, -0.05) is 23.7 Å². The first-order valence-electron chi connectivity index (χ1n) is 6.51. The molecular formula is C16H13ClN2OS. The fraction of sp³-hybridized carbons (Fsp3) is 0.125. The van der Waals surface area contributed by atoms with E-state index < -0.39 is 6.10 Å². The van der Waals surface area contributed by atoms with Crippen LogP contribution in [0.15, 0.2) is 55.0 Å². The smallest absolute Gasteiger partial charge is 0.123 e. The molecule has 1 aromatic carbocycles. The molecule has 3 nitrogen and oxygen atoms in total. The van der Waals surface area contributed by atoms with Crippen LogP contribution in [0.2, 0.25) is 5.02 Å². The lowest BCUT2D eigenvalue weighted by Gasteiger charge is -2.08. The standard InChI is InChI=1S/C16H13ClN2OS/c17-13-3-1-12(2-4-13)16-19-10-14(21-16)9-15(20)11-5-7-18-8-6-11/h1-8,10,15,20H,9H2. The summed E-state index contributed by atoms with van der Waals surface area (Å²) in [4.78, 5) is 9.41. The van der Waals surface area contributed by atoms with Crippen molar-refractivity contribution in [2.45, 2.75) is 12.5 Å². The van der Waals surface area contributed by atoms with Gasteiger partial charge in [-0.2, -0.15) is 0 Å². The second-order valence-electron chi connectivity index (χ2n) is 4.64. The Morgan fingerprint density at radius 1 is 1.10 bits per heavy atom. The van der Waals surface area contributed by atoms with Crippen LogP contribution in [0.4, 0.5) is 0 Å². The molecule has 0 aliphatic carbocycles. The Morgan fingerprint density at radius 2 is 1.81 bits per heavy atom. The molecule has 2 heterocycles. The maximum Gasteiger partial charge on any atom is 0.123 e. The van der Waals surface area contributed by atoms with Gasteiger partial charge < -0.3 is 5.11 Å². The summed E-state index contributed by atoms with van der Waals surface area (Å²) >= 11 is 7.47. The summed E-state index contributed by atoms with van der Waals surface area (Å²) in [6.45, 7) is 0. The third kappa shape index (κ3) is 3.47. The lowest BCUT2D eigenvalue weighted by Crippen LogP contribution is -2.00. The average Bonchev–Trinajstić information content (AvgIpc) is 2.97. The molecule has 0 saturated carbocycles. The largest absolute Gasteiger partial charge is 0.388 e. The summed E-state index contributed by atoms with van der Waals surface area (Å²) in [7, 11) is 0. The Balaban J connectivity index is 1.75. The zero-order valence-corrected chi connectivity index (χ0v) is 12.7. The minimum absolute atomic E-state index is 0.536. The summed E-state index contributed by atoms with van der Waals surface area (Å²) in [5.41, 5.74) is 1.90. The van der Waals surface area contributed by atoms with Crippen molar-refractivity contribution in [3.63, 3.8) is 0 Å². The fourth-order valence-corrected chi connectivity index (χ4v) is 3.10. The van der Waals surface area contributed by atoms with Gasteiger partial charge in [-0.05, 0) is 29.8 Å². The van der Waals surface area contributed by atoms with Crippen LogP contribution in [-0.2, 0) is 6.42 Å². The van der Waals surface area contributed by atoms with E-state index in [0.29, 0.717) is 11.4 Å². The molecule has 21 heavy (non-hydrogen) atoms. The van der Waals surface area contributed by atoms with Crippen molar-refractivity contribution in [2.75, 3.05) is 0 Å². The number of halogens is 1. The first-order chi connectivity index (χ1) is 10.2. The molecular weight excluding hydrogens is 304 g/mol. The quantitative estimate of drug-likeness (QED) is 0.787. The summed E-state index contributed by atoms with van der Waals surface area (Å²) in [5, 5.41) is 11.9. The Kier molecular flexibility index (Phi) is 4.29. The number of thiazole rings is 1. The van der Waals surface area contributed by atoms with E-state index in [4.69, 9.17) is 11.6 Å². The average molecular weight is 317 g/mol. The van der Waals surface area contributed by atoms with Gasteiger partial charge in [-0.25, -0.2) is 4.98 Å². The van der Waals surface area contributed by atoms with E-state index in [1.165, 1.54) is 0 Å². The summed E-state index contributed by atoms with van der Waals surface area (Å²) < 4.78 is 0. The highest BCUT2D eigenvalue weighted by molar-refractivity contribution is 7.15. The minimum atomic E-state index is -0.536. The number of rotatable bonds is 4. The first-order valence-corrected chi connectivity index (χ1v) is 7.70. The van der Waals surface area contributed by atoms with Gasteiger partial charge in [0.2, 0.25) is 0 Å². The molecule has 0 bridgehead atoms. The number of benzene rings is 1. The van der Waals surface area contributed by atoms with Crippen molar-refractivity contribution in [1.29, 1.82) is 0 Å². The van der Waals surface area contributed by atoms with E-state index in [1.807, 2.05) is 42.6 Å². The normalized spacial score (nSPS) is 12.3. The van der Waals surface area contributed by atoms with Crippen molar-refractivity contribution in [1.82, 2.24) is 9.97 Å².